The van der Waals surface area contributed by atoms with Crippen LogP contribution in [0.1, 0.15) is 11.1 Å². The summed E-state index contributed by atoms with van der Waals surface area (Å²) in [6.45, 7) is 0.889. The van der Waals surface area contributed by atoms with E-state index in [0.717, 1.165) is 29.4 Å². The molecule has 1 nitrogen and oxygen atoms in total. The van der Waals surface area contributed by atoms with Crippen molar-refractivity contribution in [3.05, 3.63) is 68.9 Å². The van der Waals surface area contributed by atoms with E-state index >= 15 is 0 Å². The zero-order chi connectivity index (χ0) is 15.2. The predicted octanol–water partition coefficient (Wildman–Crippen LogP) is 4.86. The number of nitrogens with one attached hydrogen (secondary N) is 1. The molecule has 112 valence electrons. The second kappa shape index (κ2) is 7.92. The van der Waals surface area contributed by atoms with Crippen LogP contribution in [0.25, 0.3) is 0 Å². The van der Waals surface area contributed by atoms with E-state index in [1.165, 1.54) is 17.7 Å². The van der Waals surface area contributed by atoms with Crippen LogP contribution in [0.5, 0.6) is 0 Å². The van der Waals surface area contributed by atoms with Crippen molar-refractivity contribution in [3.63, 3.8) is 0 Å². The standard InChI is InChI=1S/C17H18BrClFN/c1-21-11-13(7-12-3-2-4-15(18)9-12)8-14-5-6-16(20)10-17(14)19/h2-6,9-10,13,21H,7-8,11H2,1H3. The molecular weight excluding hydrogens is 353 g/mol. The Balaban J connectivity index is 2.11. The lowest BCUT2D eigenvalue weighted by Gasteiger charge is -2.18. The lowest BCUT2D eigenvalue weighted by molar-refractivity contribution is 0.493. The molecule has 1 N–H and O–H groups in total. The summed E-state index contributed by atoms with van der Waals surface area (Å²) < 4.78 is 14.2. The first-order valence-corrected chi connectivity index (χ1v) is 8.08. The van der Waals surface area contributed by atoms with Crippen LogP contribution in [-0.4, -0.2) is 13.6 Å². The molecule has 0 fully saturated rings. The van der Waals surface area contributed by atoms with E-state index in [4.69, 9.17) is 11.6 Å². The van der Waals surface area contributed by atoms with Gasteiger partial charge in [0.15, 0.2) is 0 Å². The van der Waals surface area contributed by atoms with Crippen LogP contribution < -0.4 is 5.32 Å². The van der Waals surface area contributed by atoms with Gasteiger partial charge in [0.05, 0.1) is 0 Å². The van der Waals surface area contributed by atoms with Gasteiger partial charge in [-0.1, -0.05) is 45.7 Å². The fraction of sp³-hybridized carbons (Fsp3) is 0.294. The first-order chi connectivity index (χ1) is 10.1. The fourth-order valence-corrected chi connectivity index (χ4v) is 3.19. The Labute approximate surface area is 138 Å². The van der Waals surface area contributed by atoms with Crippen molar-refractivity contribution in [1.29, 1.82) is 0 Å². The van der Waals surface area contributed by atoms with Gasteiger partial charge in [-0.25, -0.2) is 4.39 Å². The maximum Gasteiger partial charge on any atom is 0.124 e. The van der Waals surface area contributed by atoms with Gasteiger partial charge in [-0.3, -0.25) is 0 Å². The van der Waals surface area contributed by atoms with Crippen LogP contribution in [0, 0.1) is 11.7 Å². The summed E-state index contributed by atoms with van der Waals surface area (Å²) >= 11 is 9.63. The molecule has 0 saturated heterocycles. The third kappa shape index (κ3) is 5.10. The van der Waals surface area contributed by atoms with E-state index in [1.807, 2.05) is 19.2 Å². The van der Waals surface area contributed by atoms with Crippen molar-refractivity contribution in [2.24, 2.45) is 5.92 Å². The summed E-state index contributed by atoms with van der Waals surface area (Å²) in [7, 11) is 1.94. The van der Waals surface area contributed by atoms with Crippen molar-refractivity contribution in [1.82, 2.24) is 5.32 Å². The Morgan fingerprint density at radius 2 is 2.00 bits per heavy atom. The summed E-state index contributed by atoms with van der Waals surface area (Å²) in [5, 5.41) is 3.73. The molecule has 0 aliphatic carbocycles. The molecule has 0 saturated carbocycles. The summed E-state index contributed by atoms with van der Waals surface area (Å²) in [5.74, 6) is 0.119. The Bertz CT molecular complexity index is 603. The van der Waals surface area contributed by atoms with Gasteiger partial charge >= 0.3 is 0 Å². The molecule has 0 spiro atoms. The summed E-state index contributed by atoms with van der Waals surface area (Å²) in [4.78, 5) is 0. The van der Waals surface area contributed by atoms with Crippen LogP contribution in [0.4, 0.5) is 4.39 Å². The molecule has 2 aromatic rings. The number of halogens is 3. The Kier molecular flexibility index (Phi) is 6.22. The smallest absolute Gasteiger partial charge is 0.124 e. The first-order valence-electron chi connectivity index (χ1n) is 6.91. The number of hydrogen-bond donors (Lipinski definition) is 1. The normalized spacial score (nSPS) is 12.4. The summed E-state index contributed by atoms with van der Waals surface area (Å²) in [5.41, 5.74) is 2.27. The molecule has 0 heterocycles. The maximum absolute atomic E-state index is 13.1. The molecule has 0 aliphatic rings. The molecule has 1 unspecified atom stereocenters. The average molecular weight is 371 g/mol. The lowest BCUT2D eigenvalue weighted by Crippen LogP contribution is -2.23. The number of hydrogen-bond acceptors (Lipinski definition) is 1. The second-order valence-corrected chi connectivity index (χ2v) is 6.52. The largest absolute Gasteiger partial charge is 0.319 e. The van der Waals surface area contributed by atoms with E-state index in [1.54, 1.807) is 6.07 Å². The summed E-state index contributed by atoms with van der Waals surface area (Å²) in [6, 6.07) is 13.0. The third-order valence-electron chi connectivity index (χ3n) is 3.43. The highest BCUT2D eigenvalue weighted by Crippen LogP contribution is 2.23. The molecule has 2 aromatic carbocycles. The Hall–Kier alpha value is -0.900. The van der Waals surface area contributed by atoms with E-state index < -0.39 is 0 Å². The van der Waals surface area contributed by atoms with Gasteiger partial charge in [0.25, 0.3) is 0 Å². The fourth-order valence-electron chi connectivity index (χ4n) is 2.50. The Morgan fingerprint density at radius 3 is 2.67 bits per heavy atom. The van der Waals surface area contributed by atoms with E-state index in [2.05, 4.69) is 33.4 Å². The Morgan fingerprint density at radius 1 is 1.19 bits per heavy atom. The zero-order valence-electron chi connectivity index (χ0n) is 11.9. The van der Waals surface area contributed by atoms with E-state index in [-0.39, 0.29) is 5.82 Å². The second-order valence-electron chi connectivity index (χ2n) is 5.20. The molecule has 21 heavy (non-hydrogen) atoms. The van der Waals surface area contributed by atoms with Gasteiger partial charge in [-0.15, -0.1) is 0 Å². The molecule has 2 rings (SSSR count). The van der Waals surface area contributed by atoms with Crippen molar-refractivity contribution < 1.29 is 4.39 Å². The predicted molar refractivity (Wildman–Crippen MR) is 90.4 cm³/mol. The molecule has 0 aromatic heterocycles. The zero-order valence-corrected chi connectivity index (χ0v) is 14.2. The average Bonchev–Trinajstić information content (AvgIpc) is 2.42. The van der Waals surface area contributed by atoms with Crippen molar-refractivity contribution in [2.75, 3.05) is 13.6 Å². The van der Waals surface area contributed by atoms with Crippen LogP contribution in [0.3, 0.4) is 0 Å². The van der Waals surface area contributed by atoms with Crippen LogP contribution in [0.2, 0.25) is 5.02 Å². The highest BCUT2D eigenvalue weighted by molar-refractivity contribution is 9.10. The van der Waals surface area contributed by atoms with Crippen LogP contribution in [0.15, 0.2) is 46.9 Å². The highest BCUT2D eigenvalue weighted by Gasteiger charge is 2.13. The maximum atomic E-state index is 13.1. The van der Waals surface area contributed by atoms with E-state index in [0.29, 0.717) is 10.9 Å². The first kappa shape index (κ1) is 16.5. The number of rotatable bonds is 6. The van der Waals surface area contributed by atoms with Gasteiger partial charge in [0, 0.05) is 9.50 Å². The summed E-state index contributed by atoms with van der Waals surface area (Å²) in [6.07, 6.45) is 1.78. The van der Waals surface area contributed by atoms with Gasteiger partial charge in [0.2, 0.25) is 0 Å². The number of benzene rings is 2. The molecule has 1 atom stereocenters. The van der Waals surface area contributed by atoms with Crippen molar-refractivity contribution in [2.45, 2.75) is 12.8 Å². The van der Waals surface area contributed by atoms with Crippen LogP contribution >= 0.6 is 27.5 Å². The van der Waals surface area contributed by atoms with E-state index in [9.17, 15) is 4.39 Å². The highest BCUT2D eigenvalue weighted by atomic mass is 79.9. The topological polar surface area (TPSA) is 12.0 Å². The van der Waals surface area contributed by atoms with Crippen LogP contribution in [-0.2, 0) is 12.8 Å². The molecule has 0 amide bonds. The molecule has 4 heteroatoms. The minimum absolute atomic E-state index is 0.291. The molecule has 0 radical (unpaired) electrons. The molecular formula is C17H18BrClFN. The van der Waals surface area contributed by atoms with Gasteiger partial charge in [-0.2, -0.15) is 0 Å². The van der Waals surface area contributed by atoms with Crippen molar-refractivity contribution >= 4 is 27.5 Å². The third-order valence-corrected chi connectivity index (χ3v) is 4.28. The lowest BCUT2D eigenvalue weighted by atomic mass is 9.92. The molecule has 0 aliphatic heterocycles. The molecule has 0 bridgehead atoms. The monoisotopic (exact) mass is 369 g/mol. The quantitative estimate of drug-likeness (QED) is 0.765. The SMILES string of the molecule is CNCC(Cc1cccc(Br)c1)Cc1ccc(F)cc1Cl. The van der Waals surface area contributed by atoms with Gasteiger partial charge in [0.1, 0.15) is 5.82 Å². The van der Waals surface area contributed by atoms with Gasteiger partial charge in [-0.05, 0) is 67.7 Å². The minimum atomic E-state index is -0.291. The minimum Gasteiger partial charge on any atom is -0.319 e. The van der Waals surface area contributed by atoms with Crippen molar-refractivity contribution in [3.8, 4) is 0 Å². The van der Waals surface area contributed by atoms with Gasteiger partial charge < -0.3 is 5.32 Å².